The summed E-state index contributed by atoms with van der Waals surface area (Å²) < 4.78 is 5.55. The molecule has 0 radical (unpaired) electrons. The van der Waals surface area contributed by atoms with Crippen molar-refractivity contribution < 1.29 is 9.84 Å². The van der Waals surface area contributed by atoms with Crippen molar-refractivity contribution in [3.63, 3.8) is 0 Å². The molecule has 1 aliphatic heterocycles. The van der Waals surface area contributed by atoms with Crippen LogP contribution in [0.1, 0.15) is 47.0 Å². The van der Waals surface area contributed by atoms with E-state index in [1.165, 1.54) is 12.8 Å². The molecular formula is C12H25NO2. The first kappa shape index (κ1) is 12.9. The predicted molar refractivity (Wildman–Crippen MR) is 62.0 cm³/mol. The fourth-order valence-corrected chi connectivity index (χ4v) is 1.63. The van der Waals surface area contributed by atoms with Crippen LogP contribution in [0.25, 0.3) is 0 Å². The molecule has 1 heterocycles. The molecule has 2 N–H and O–H groups in total. The molecule has 0 spiro atoms. The number of hydrogen-bond acceptors (Lipinski definition) is 3. The van der Waals surface area contributed by atoms with Crippen molar-refractivity contribution in [2.45, 2.75) is 64.2 Å². The second-order valence-corrected chi connectivity index (χ2v) is 5.53. The Hall–Kier alpha value is -0.120. The second kappa shape index (κ2) is 4.81. The lowest BCUT2D eigenvalue weighted by Gasteiger charge is -2.38. The van der Waals surface area contributed by atoms with Crippen LogP contribution in [0, 0.1) is 0 Å². The van der Waals surface area contributed by atoms with Gasteiger partial charge in [-0.2, -0.15) is 0 Å². The Kier molecular flexibility index (Phi) is 4.15. The SMILES string of the molecule is CC(C)(O)C(C)(C)NCCC1CCCO1. The van der Waals surface area contributed by atoms with Crippen LogP contribution in [-0.4, -0.2) is 35.5 Å². The van der Waals surface area contributed by atoms with Crippen molar-refractivity contribution >= 4 is 0 Å². The van der Waals surface area contributed by atoms with Gasteiger partial charge in [-0.05, 0) is 53.5 Å². The van der Waals surface area contributed by atoms with E-state index in [4.69, 9.17) is 4.74 Å². The largest absolute Gasteiger partial charge is 0.389 e. The van der Waals surface area contributed by atoms with Gasteiger partial charge in [0, 0.05) is 12.1 Å². The maximum Gasteiger partial charge on any atom is 0.0767 e. The maximum absolute atomic E-state index is 9.94. The summed E-state index contributed by atoms with van der Waals surface area (Å²) in [5.41, 5.74) is -0.963. The molecule has 0 aromatic carbocycles. The zero-order valence-electron chi connectivity index (χ0n) is 10.5. The Bertz CT molecular complexity index is 190. The molecule has 1 fully saturated rings. The van der Waals surface area contributed by atoms with E-state index in [-0.39, 0.29) is 5.54 Å². The molecule has 0 aromatic heterocycles. The third kappa shape index (κ3) is 3.74. The highest BCUT2D eigenvalue weighted by Crippen LogP contribution is 2.21. The van der Waals surface area contributed by atoms with Crippen molar-refractivity contribution in [1.29, 1.82) is 0 Å². The lowest BCUT2D eigenvalue weighted by molar-refractivity contribution is -0.00637. The summed E-state index contributed by atoms with van der Waals surface area (Å²) in [6.07, 6.45) is 3.85. The zero-order valence-corrected chi connectivity index (χ0v) is 10.5. The third-order valence-corrected chi connectivity index (χ3v) is 3.59. The fourth-order valence-electron chi connectivity index (χ4n) is 1.63. The Morgan fingerprint density at radius 3 is 2.47 bits per heavy atom. The highest BCUT2D eigenvalue weighted by atomic mass is 16.5. The van der Waals surface area contributed by atoms with Crippen LogP contribution in [0.3, 0.4) is 0 Å². The van der Waals surface area contributed by atoms with Crippen LogP contribution in [-0.2, 0) is 4.74 Å². The van der Waals surface area contributed by atoms with E-state index >= 15 is 0 Å². The average Bonchev–Trinajstić information content (AvgIpc) is 2.54. The average molecular weight is 215 g/mol. The second-order valence-electron chi connectivity index (χ2n) is 5.53. The Morgan fingerprint density at radius 2 is 2.00 bits per heavy atom. The Balaban J connectivity index is 2.23. The van der Waals surface area contributed by atoms with Crippen molar-refractivity contribution in [1.82, 2.24) is 5.32 Å². The molecule has 90 valence electrons. The number of rotatable bonds is 5. The van der Waals surface area contributed by atoms with E-state index in [0.717, 1.165) is 19.6 Å². The Labute approximate surface area is 93.2 Å². The predicted octanol–water partition coefficient (Wildman–Crippen LogP) is 1.69. The van der Waals surface area contributed by atoms with Gasteiger partial charge in [0.1, 0.15) is 0 Å². The maximum atomic E-state index is 9.94. The van der Waals surface area contributed by atoms with Crippen molar-refractivity contribution in [2.24, 2.45) is 0 Å². The van der Waals surface area contributed by atoms with Gasteiger partial charge in [-0.1, -0.05) is 0 Å². The van der Waals surface area contributed by atoms with Crippen LogP contribution in [0.5, 0.6) is 0 Å². The van der Waals surface area contributed by atoms with Gasteiger partial charge in [-0.15, -0.1) is 0 Å². The van der Waals surface area contributed by atoms with Crippen LogP contribution >= 0.6 is 0 Å². The minimum atomic E-state index is -0.705. The first-order valence-corrected chi connectivity index (χ1v) is 5.92. The molecule has 0 aromatic rings. The molecule has 0 saturated carbocycles. The molecule has 3 heteroatoms. The molecule has 1 saturated heterocycles. The number of nitrogens with one attached hydrogen (secondary N) is 1. The van der Waals surface area contributed by atoms with Crippen LogP contribution < -0.4 is 5.32 Å². The fraction of sp³-hybridized carbons (Fsp3) is 1.00. The van der Waals surface area contributed by atoms with E-state index in [1.54, 1.807) is 0 Å². The van der Waals surface area contributed by atoms with Crippen LogP contribution in [0.4, 0.5) is 0 Å². The van der Waals surface area contributed by atoms with Gasteiger partial charge in [0.05, 0.1) is 11.7 Å². The molecule has 1 unspecified atom stereocenters. The molecule has 3 nitrogen and oxygen atoms in total. The van der Waals surface area contributed by atoms with Crippen molar-refractivity contribution in [3.8, 4) is 0 Å². The monoisotopic (exact) mass is 215 g/mol. The highest BCUT2D eigenvalue weighted by Gasteiger charge is 2.34. The summed E-state index contributed by atoms with van der Waals surface area (Å²) in [5.74, 6) is 0. The van der Waals surface area contributed by atoms with E-state index in [2.05, 4.69) is 5.32 Å². The number of hydrogen-bond donors (Lipinski definition) is 2. The normalized spacial score (nSPS) is 23.4. The standard InChI is InChI=1S/C12H25NO2/c1-11(2,12(3,4)14)13-8-7-10-6-5-9-15-10/h10,13-14H,5-9H2,1-4H3. The van der Waals surface area contributed by atoms with Gasteiger partial charge < -0.3 is 15.2 Å². The minimum Gasteiger partial charge on any atom is -0.389 e. The third-order valence-electron chi connectivity index (χ3n) is 3.59. The summed E-state index contributed by atoms with van der Waals surface area (Å²) in [4.78, 5) is 0. The quantitative estimate of drug-likeness (QED) is 0.733. The summed E-state index contributed by atoms with van der Waals surface area (Å²) in [6.45, 7) is 9.56. The molecule has 0 bridgehead atoms. The lowest BCUT2D eigenvalue weighted by Crippen LogP contribution is -2.56. The van der Waals surface area contributed by atoms with Crippen molar-refractivity contribution in [3.05, 3.63) is 0 Å². The van der Waals surface area contributed by atoms with E-state index < -0.39 is 5.60 Å². The minimum absolute atomic E-state index is 0.258. The van der Waals surface area contributed by atoms with Gasteiger partial charge in [0.25, 0.3) is 0 Å². The van der Waals surface area contributed by atoms with Crippen molar-refractivity contribution in [2.75, 3.05) is 13.2 Å². The van der Waals surface area contributed by atoms with E-state index in [9.17, 15) is 5.11 Å². The summed E-state index contributed by atoms with van der Waals surface area (Å²) in [7, 11) is 0. The molecule has 1 atom stereocenters. The van der Waals surface area contributed by atoms with Gasteiger partial charge in [0.2, 0.25) is 0 Å². The molecule has 0 aliphatic carbocycles. The molecule has 15 heavy (non-hydrogen) atoms. The van der Waals surface area contributed by atoms with E-state index in [1.807, 2.05) is 27.7 Å². The van der Waals surface area contributed by atoms with Gasteiger partial charge in [-0.3, -0.25) is 0 Å². The molecule has 1 rings (SSSR count). The lowest BCUT2D eigenvalue weighted by atomic mass is 9.86. The zero-order chi connectivity index (χ0) is 11.5. The van der Waals surface area contributed by atoms with Gasteiger partial charge >= 0.3 is 0 Å². The highest BCUT2D eigenvalue weighted by molar-refractivity contribution is 4.93. The van der Waals surface area contributed by atoms with Crippen LogP contribution in [0.2, 0.25) is 0 Å². The first-order chi connectivity index (χ1) is 6.83. The van der Waals surface area contributed by atoms with E-state index in [0.29, 0.717) is 6.10 Å². The smallest absolute Gasteiger partial charge is 0.0767 e. The number of aliphatic hydroxyl groups is 1. The Morgan fingerprint density at radius 1 is 1.33 bits per heavy atom. The topological polar surface area (TPSA) is 41.5 Å². The van der Waals surface area contributed by atoms with Gasteiger partial charge in [0.15, 0.2) is 0 Å². The molecule has 0 amide bonds. The number of ether oxygens (including phenoxy) is 1. The first-order valence-electron chi connectivity index (χ1n) is 5.92. The summed E-state index contributed by atoms with van der Waals surface area (Å²) >= 11 is 0. The molecular weight excluding hydrogens is 190 g/mol. The van der Waals surface area contributed by atoms with Gasteiger partial charge in [-0.25, -0.2) is 0 Å². The summed E-state index contributed by atoms with van der Waals surface area (Å²) in [6, 6.07) is 0. The molecule has 1 aliphatic rings. The summed E-state index contributed by atoms with van der Waals surface area (Å²) in [5, 5.41) is 13.3. The van der Waals surface area contributed by atoms with Crippen LogP contribution in [0.15, 0.2) is 0 Å².